The van der Waals surface area contributed by atoms with E-state index in [1.54, 1.807) is 7.11 Å². The zero-order valence-electron chi connectivity index (χ0n) is 11.2. The van der Waals surface area contributed by atoms with E-state index in [0.717, 1.165) is 25.1 Å². The first-order chi connectivity index (χ1) is 9.24. The second-order valence-electron chi connectivity index (χ2n) is 4.93. The number of carbonyl (C=O) groups is 1. The standard InChI is InChI=1S/C15H20INO2/c1-19-13-6-5-11-3-2-4-12(14(11)9-13)7-8-17-15(18)10-16/h5-6,9,12H,2-4,7-8,10H2,1H3,(H,17,18)/t12-/m1/s1. The highest BCUT2D eigenvalue weighted by atomic mass is 127. The van der Waals surface area contributed by atoms with Gasteiger partial charge in [-0.1, -0.05) is 28.7 Å². The third-order valence-electron chi connectivity index (χ3n) is 3.73. The van der Waals surface area contributed by atoms with Gasteiger partial charge in [0.05, 0.1) is 11.5 Å². The van der Waals surface area contributed by atoms with Crippen LogP contribution >= 0.6 is 22.6 Å². The van der Waals surface area contributed by atoms with E-state index in [2.05, 4.69) is 40.0 Å². The predicted molar refractivity (Wildman–Crippen MR) is 85.2 cm³/mol. The van der Waals surface area contributed by atoms with Gasteiger partial charge >= 0.3 is 0 Å². The lowest BCUT2D eigenvalue weighted by atomic mass is 9.81. The van der Waals surface area contributed by atoms with Crippen LogP contribution < -0.4 is 10.1 Å². The third-order valence-corrected chi connectivity index (χ3v) is 4.42. The molecule has 104 valence electrons. The zero-order chi connectivity index (χ0) is 13.7. The number of carbonyl (C=O) groups excluding carboxylic acids is 1. The Hall–Kier alpha value is -0.780. The number of methoxy groups -OCH3 is 1. The van der Waals surface area contributed by atoms with E-state index in [1.165, 1.54) is 24.0 Å². The number of halogens is 1. The maximum absolute atomic E-state index is 11.3. The summed E-state index contributed by atoms with van der Waals surface area (Å²) in [4.78, 5) is 11.3. The van der Waals surface area contributed by atoms with E-state index < -0.39 is 0 Å². The SMILES string of the molecule is COc1ccc2c(c1)[C@@H](CCNC(=O)CI)CCC2. The first-order valence-electron chi connectivity index (χ1n) is 6.74. The molecule has 0 aromatic heterocycles. The van der Waals surface area contributed by atoms with E-state index >= 15 is 0 Å². The zero-order valence-corrected chi connectivity index (χ0v) is 13.4. The van der Waals surface area contributed by atoms with Crippen LogP contribution in [-0.2, 0) is 11.2 Å². The van der Waals surface area contributed by atoms with E-state index in [1.807, 2.05) is 6.07 Å². The highest BCUT2D eigenvalue weighted by Gasteiger charge is 2.20. The van der Waals surface area contributed by atoms with E-state index in [4.69, 9.17) is 4.74 Å². The molecule has 1 aliphatic rings. The normalized spacial score (nSPS) is 17.7. The number of amides is 1. The summed E-state index contributed by atoms with van der Waals surface area (Å²) in [6.07, 6.45) is 4.63. The van der Waals surface area contributed by atoms with E-state index in [-0.39, 0.29) is 5.91 Å². The average Bonchev–Trinajstić information content (AvgIpc) is 2.46. The highest BCUT2D eigenvalue weighted by Crippen LogP contribution is 2.35. The molecular weight excluding hydrogens is 353 g/mol. The van der Waals surface area contributed by atoms with Crippen LogP contribution in [0, 0.1) is 0 Å². The Bertz CT molecular complexity index is 448. The van der Waals surface area contributed by atoms with Crippen LogP contribution in [0.1, 0.15) is 36.3 Å². The van der Waals surface area contributed by atoms with Gasteiger partial charge in [0.15, 0.2) is 0 Å². The van der Waals surface area contributed by atoms with Crippen molar-refractivity contribution in [2.24, 2.45) is 0 Å². The van der Waals surface area contributed by atoms with Gasteiger partial charge in [-0.05, 0) is 54.9 Å². The Morgan fingerprint density at radius 1 is 1.53 bits per heavy atom. The molecule has 1 atom stereocenters. The Labute approximate surface area is 128 Å². The topological polar surface area (TPSA) is 38.3 Å². The molecule has 0 saturated heterocycles. The van der Waals surface area contributed by atoms with Crippen LogP contribution in [-0.4, -0.2) is 24.0 Å². The van der Waals surface area contributed by atoms with E-state index in [9.17, 15) is 4.79 Å². The van der Waals surface area contributed by atoms with Gasteiger partial charge in [-0.25, -0.2) is 0 Å². The molecule has 1 aliphatic carbocycles. The second-order valence-corrected chi connectivity index (χ2v) is 5.69. The lowest BCUT2D eigenvalue weighted by molar-refractivity contribution is -0.118. The summed E-state index contributed by atoms with van der Waals surface area (Å²) >= 11 is 2.09. The summed E-state index contributed by atoms with van der Waals surface area (Å²) < 4.78 is 5.85. The van der Waals surface area contributed by atoms with Crippen LogP contribution in [0.15, 0.2) is 18.2 Å². The molecule has 4 heteroatoms. The highest BCUT2D eigenvalue weighted by molar-refractivity contribution is 14.1. The van der Waals surface area contributed by atoms with Crippen molar-refractivity contribution in [3.05, 3.63) is 29.3 Å². The summed E-state index contributed by atoms with van der Waals surface area (Å²) in [6, 6.07) is 6.39. The molecule has 1 aromatic carbocycles. The Balaban J connectivity index is 2.02. The van der Waals surface area contributed by atoms with Crippen molar-refractivity contribution in [1.82, 2.24) is 5.32 Å². The number of aryl methyl sites for hydroxylation is 1. The minimum atomic E-state index is 0.127. The minimum absolute atomic E-state index is 0.127. The molecule has 3 nitrogen and oxygen atoms in total. The molecule has 0 aliphatic heterocycles. The fraction of sp³-hybridized carbons (Fsp3) is 0.533. The number of alkyl halides is 1. The van der Waals surface area contributed by atoms with Crippen LogP contribution in [0.25, 0.3) is 0 Å². The minimum Gasteiger partial charge on any atom is -0.497 e. The van der Waals surface area contributed by atoms with Crippen molar-refractivity contribution in [1.29, 1.82) is 0 Å². The summed E-state index contributed by atoms with van der Waals surface area (Å²) in [7, 11) is 1.71. The van der Waals surface area contributed by atoms with Crippen LogP contribution in [0.3, 0.4) is 0 Å². The van der Waals surface area contributed by atoms with Gasteiger partial charge < -0.3 is 10.1 Å². The van der Waals surface area contributed by atoms with Gasteiger partial charge in [-0.15, -0.1) is 0 Å². The fourth-order valence-corrected chi connectivity index (χ4v) is 3.00. The van der Waals surface area contributed by atoms with Crippen LogP contribution in [0.5, 0.6) is 5.75 Å². The molecule has 0 heterocycles. The molecule has 0 bridgehead atoms. The number of hydrogen-bond acceptors (Lipinski definition) is 2. The van der Waals surface area contributed by atoms with Gasteiger partial charge in [0.25, 0.3) is 0 Å². The van der Waals surface area contributed by atoms with Gasteiger partial charge in [0.2, 0.25) is 5.91 Å². The maximum atomic E-state index is 11.3. The maximum Gasteiger partial charge on any atom is 0.229 e. The number of nitrogens with one attached hydrogen (secondary N) is 1. The van der Waals surface area contributed by atoms with Gasteiger partial charge in [-0.3, -0.25) is 4.79 Å². The molecule has 0 radical (unpaired) electrons. The predicted octanol–water partition coefficient (Wildman–Crippen LogP) is 3.06. The monoisotopic (exact) mass is 373 g/mol. The first kappa shape index (κ1) is 14.6. The summed E-state index contributed by atoms with van der Waals surface area (Å²) in [5, 5.41) is 2.96. The van der Waals surface area contributed by atoms with Gasteiger partial charge in [-0.2, -0.15) is 0 Å². The number of hydrogen-bond donors (Lipinski definition) is 1. The number of benzene rings is 1. The Morgan fingerprint density at radius 3 is 3.11 bits per heavy atom. The molecule has 2 rings (SSSR count). The van der Waals surface area contributed by atoms with Crippen molar-refractivity contribution in [2.75, 3.05) is 18.1 Å². The third kappa shape index (κ3) is 3.84. The molecule has 0 spiro atoms. The molecule has 0 fully saturated rings. The van der Waals surface area contributed by atoms with Crippen molar-refractivity contribution in [3.63, 3.8) is 0 Å². The Morgan fingerprint density at radius 2 is 2.37 bits per heavy atom. The smallest absolute Gasteiger partial charge is 0.229 e. The van der Waals surface area contributed by atoms with Gasteiger partial charge in [0, 0.05) is 6.54 Å². The fourth-order valence-electron chi connectivity index (χ4n) is 2.74. The number of fused-ring (bicyclic) bond motifs is 1. The van der Waals surface area contributed by atoms with Crippen molar-refractivity contribution < 1.29 is 9.53 Å². The van der Waals surface area contributed by atoms with Crippen molar-refractivity contribution in [2.45, 2.75) is 31.6 Å². The number of ether oxygens (including phenoxy) is 1. The largest absolute Gasteiger partial charge is 0.497 e. The van der Waals surface area contributed by atoms with Crippen molar-refractivity contribution >= 4 is 28.5 Å². The van der Waals surface area contributed by atoms with Gasteiger partial charge in [0.1, 0.15) is 5.75 Å². The lowest BCUT2D eigenvalue weighted by Gasteiger charge is -2.26. The summed E-state index contributed by atoms with van der Waals surface area (Å²) in [5.41, 5.74) is 2.85. The second kappa shape index (κ2) is 7.12. The van der Waals surface area contributed by atoms with E-state index in [0.29, 0.717) is 10.3 Å². The molecule has 1 N–H and O–H groups in total. The molecular formula is C15H20INO2. The molecule has 19 heavy (non-hydrogen) atoms. The van der Waals surface area contributed by atoms with Crippen LogP contribution in [0.4, 0.5) is 0 Å². The quantitative estimate of drug-likeness (QED) is 0.637. The summed E-state index contributed by atoms with van der Waals surface area (Å²) in [6.45, 7) is 0.767. The lowest BCUT2D eigenvalue weighted by Crippen LogP contribution is -2.27. The summed E-state index contributed by atoms with van der Waals surface area (Å²) in [5.74, 6) is 1.61. The Kier molecular flexibility index (Phi) is 5.48. The average molecular weight is 373 g/mol. The van der Waals surface area contributed by atoms with Crippen LogP contribution in [0.2, 0.25) is 0 Å². The molecule has 1 aromatic rings. The number of rotatable bonds is 5. The van der Waals surface area contributed by atoms with Crippen molar-refractivity contribution in [3.8, 4) is 5.75 Å². The molecule has 0 saturated carbocycles. The molecule has 1 amide bonds. The molecule has 0 unspecified atom stereocenters. The first-order valence-corrected chi connectivity index (χ1v) is 8.26.